The van der Waals surface area contributed by atoms with Gasteiger partial charge in [-0.15, -0.1) is 0 Å². The Balaban J connectivity index is 1.18. The molecule has 208 valence electrons. The smallest absolute Gasteiger partial charge is 0.0201 e. The summed E-state index contributed by atoms with van der Waals surface area (Å²) in [5.74, 6) is 0. The van der Waals surface area contributed by atoms with E-state index >= 15 is 0 Å². The van der Waals surface area contributed by atoms with Crippen LogP contribution in [-0.2, 0) is 0 Å². The summed E-state index contributed by atoms with van der Waals surface area (Å²) in [7, 11) is 0. The van der Waals surface area contributed by atoms with Crippen molar-refractivity contribution in [2.24, 2.45) is 0 Å². The lowest BCUT2D eigenvalue weighted by Crippen LogP contribution is -1.85. The van der Waals surface area contributed by atoms with Gasteiger partial charge in [-0.2, -0.15) is 0 Å². The molecule has 45 heavy (non-hydrogen) atoms. The summed E-state index contributed by atoms with van der Waals surface area (Å²) in [6.07, 6.45) is 0. The van der Waals surface area contributed by atoms with Crippen LogP contribution < -0.4 is 0 Å². The van der Waals surface area contributed by atoms with Crippen molar-refractivity contribution in [1.29, 1.82) is 0 Å². The van der Waals surface area contributed by atoms with Crippen LogP contribution in [-0.4, -0.2) is 0 Å². The second-order valence-electron chi connectivity index (χ2n) is 12.2. The van der Waals surface area contributed by atoms with E-state index in [1.54, 1.807) is 0 Å². The summed E-state index contributed by atoms with van der Waals surface area (Å²) in [6, 6.07) is 58.8. The minimum atomic E-state index is 1.27. The van der Waals surface area contributed by atoms with E-state index in [0.717, 1.165) is 0 Å². The molecule has 1 heteroatoms. The molecular weight excluding hydrogens is 561 g/mol. The lowest BCUT2D eigenvalue weighted by Gasteiger charge is -2.13. The van der Waals surface area contributed by atoms with Gasteiger partial charge in [0.05, 0.1) is 0 Å². The topological polar surface area (TPSA) is 0 Å². The first-order chi connectivity index (χ1) is 22.2. The number of hydrogen-bond donors (Lipinski definition) is 0. The fourth-order valence-electron chi connectivity index (χ4n) is 7.28. The van der Waals surface area contributed by atoms with Crippen LogP contribution in [0.5, 0.6) is 0 Å². The molecule has 10 rings (SSSR count). The van der Waals surface area contributed by atoms with Crippen LogP contribution in [0.25, 0.3) is 86.2 Å². The van der Waals surface area contributed by atoms with Gasteiger partial charge in [-0.3, -0.25) is 0 Å². The average molecular weight is 587 g/mol. The van der Waals surface area contributed by atoms with Crippen LogP contribution in [0.15, 0.2) is 168 Å². The molecule has 0 saturated heterocycles. The fraction of sp³-hybridized carbons (Fsp3) is 0. The lowest BCUT2D eigenvalue weighted by molar-refractivity contribution is 1.50. The van der Waals surface area contributed by atoms with E-state index in [1.807, 2.05) is 11.8 Å². The van der Waals surface area contributed by atoms with Crippen LogP contribution in [0.1, 0.15) is 0 Å². The predicted octanol–water partition coefficient (Wildman–Crippen LogP) is 13.1. The molecule has 0 radical (unpaired) electrons. The summed E-state index contributed by atoms with van der Waals surface area (Å²) in [4.78, 5) is 2.56. The predicted molar refractivity (Wildman–Crippen MR) is 197 cm³/mol. The molecule has 0 aliphatic heterocycles. The van der Waals surface area contributed by atoms with Gasteiger partial charge >= 0.3 is 0 Å². The van der Waals surface area contributed by atoms with E-state index in [-0.39, 0.29) is 0 Å². The van der Waals surface area contributed by atoms with Crippen molar-refractivity contribution in [3.8, 4) is 0 Å². The largest absolute Gasteiger partial charge is 0.0888 e. The Bertz CT molecular complexity index is 2650. The number of rotatable bonds is 2. The second kappa shape index (κ2) is 9.56. The highest BCUT2D eigenvalue weighted by Gasteiger charge is 2.12. The SMILES string of the molecule is c1ccc2cc3c(ccc4cc5cccc(Sc6cccc7cc8ccc9cc%10ccccc%10cc9c8cc67)c5cc43)cc2c1. The first kappa shape index (κ1) is 25.0. The van der Waals surface area contributed by atoms with Crippen molar-refractivity contribution in [1.82, 2.24) is 0 Å². The molecule has 0 saturated carbocycles. The molecule has 0 spiro atoms. The van der Waals surface area contributed by atoms with Gasteiger partial charge in [0, 0.05) is 9.79 Å². The van der Waals surface area contributed by atoms with Gasteiger partial charge < -0.3 is 0 Å². The zero-order valence-electron chi connectivity index (χ0n) is 24.4. The van der Waals surface area contributed by atoms with Crippen LogP contribution >= 0.6 is 11.8 Å². The van der Waals surface area contributed by atoms with Gasteiger partial charge in [0.25, 0.3) is 0 Å². The number of benzene rings is 10. The maximum absolute atomic E-state index is 2.42. The summed E-state index contributed by atoms with van der Waals surface area (Å²) >= 11 is 1.88. The van der Waals surface area contributed by atoms with Gasteiger partial charge in [0.1, 0.15) is 0 Å². The molecule has 10 aromatic carbocycles. The quantitative estimate of drug-likeness (QED) is 0.143. The average Bonchev–Trinajstić information content (AvgIpc) is 3.08. The van der Waals surface area contributed by atoms with E-state index in [1.165, 1.54) is 96.0 Å². The number of fused-ring (bicyclic) bond motifs is 10. The highest BCUT2D eigenvalue weighted by atomic mass is 32.2. The van der Waals surface area contributed by atoms with E-state index in [4.69, 9.17) is 0 Å². The molecule has 0 fully saturated rings. The van der Waals surface area contributed by atoms with E-state index in [2.05, 4.69) is 158 Å². The van der Waals surface area contributed by atoms with Gasteiger partial charge in [-0.1, -0.05) is 109 Å². The van der Waals surface area contributed by atoms with Crippen LogP contribution in [0.2, 0.25) is 0 Å². The van der Waals surface area contributed by atoms with Gasteiger partial charge in [-0.05, 0) is 147 Å². The first-order valence-electron chi connectivity index (χ1n) is 15.5. The second-order valence-corrected chi connectivity index (χ2v) is 13.3. The Hall–Kier alpha value is -5.37. The van der Waals surface area contributed by atoms with Gasteiger partial charge in [-0.25, -0.2) is 0 Å². The molecule has 0 aliphatic rings. The maximum atomic E-state index is 2.42. The Labute approximate surface area is 264 Å². The molecular formula is C44H26S. The van der Waals surface area contributed by atoms with Crippen LogP contribution in [0.4, 0.5) is 0 Å². The van der Waals surface area contributed by atoms with Crippen molar-refractivity contribution < 1.29 is 0 Å². The molecule has 0 nitrogen and oxygen atoms in total. The number of hydrogen-bond acceptors (Lipinski definition) is 1. The summed E-state index contributed by atoms with van der Waals surface area (Å²) in [6.45, 7) is 0. The van der Waals surface area contributed by atoms with E-state index in [9.17, 15) is 0 Å². The molecule has 0 atom stereocenters. The third-order valence-corrected chi connectivity index (χ3v) is 10.7. The van der Waals surface area contributed by atoms with Crippen LogP contribution in [0, 0.1) is 0 Å². The van der Waals surface area contributed by atoms with Crippen molar-refractivity contribution >= 4 is 97.9 Å². The van der Waals surface area contributed by atoms with Crippen molar-refractivity contribution in [2.75, 3.05) is 0 Å². The Morgan fingerprint density at radius 1 is 0.222 bits per heavy atom. The highest BCUT2D eigenvalue weighted by molar-refractivity contribution is 7.99. The molecule has 0 aromatic heterocycles. The van der Waals surface area contributed by atoms with Gasteiger partial charge in [0.2, 0.25) is 0 Å². The minimum Gasteiger partial charge on any atom is -0.0888 e. The molecule has 0 unspecified atom stereocenters. The summed E-state index contributed by atoms with van der Waals surface area (Å²) < 4.78 is 0. The van der Waals surface area contributed by atoms with E-state index < -0.39 is 0 Å². The van der Waals surface area contributed by atoms with Crippen molar-refractivity contribution in [3.05, 3.63) is 158 Å². The molecule has 0 N–H and O–H groups in total. The Morgan fingerprint density at radius 3 is 0.956 bits per heavy atom. The van der Waals surface area contributed by atoms with Crippen LogP contribution in [0.3, 0.4) is 0 Å². The minimum absolute atomic E-state index is 1.27. The third-order valence-electron chi connectivity index (χ3n) is 9.54. The zero-order valence-corrected chi connectivity index (χ0v) is 25.2. The molecule has 0 heterocycles. The Kier molecular flexibility index (Phi) is 5.31. The lowest BCUT2D eigenvalue weighted by atomic mass is 9.96. The maximum Gasteiger partial charge on any atom is 0.0201 e. The summed E-state index contributed by atoms with van der Waals surface area (Å²) in [5.41, 5.74) is 0. The third kappa shape index (κ3) is 3.94. The standard InChI is InChI=1S/C44H26S/c1-3-9-29-23-37-33(19-27(29)7-1)15-17-35-21-31-11-5-13-43(41(31)25-39(35)37)45-44-14-6-12-32-22-36-18-16-34-20-28-8-2-4-10-30(28)24-38(34)40(36)26-42(32)44/h1-26H. The monoisotopic (exact) mass is 586 g/mol. The molecule has 0 bridgehead atoms. The Morgan fingerprint density at radius 2 is 0.533 bits per heavy atom. The normalized spacial score (nSPS) is 12.1. The first-order valence-corrected chi connectivity index (χ1v) is 16.3. The van der Waals surface area contributed by atoms with E-state index in [0.29, 0.717) is 0 Å². The summed E-state index contributed by atoms with van der Waals surface area (Å²) in [5, 5.41) is 20.6. The van der Waals surface area contributed by atoms with Crippen molar-refractivity contribution in [3.63, 3.8) is 0 Å². The van der Waals surface area contributed by atoms with Gasteiger partial charge in [0.15, 0.2) is 0 Å². The molecule has 10 aromatic rings. The molecule has 0 aliphatic carbocycles. The van der Waals surface area contributed by atoms with Crippen molar-refractivity contribution in [2.45, 2.75) is 9.79 Å². The highest BCUT2D eigenvalue weighted by Crippen LogP contribution is 2.42. The fourth-order valence-corrected chi connectivity index (χ4v) is 8.39. The molecule has 0 amide bonds. The zero-order chi connectivity index (χ0) is 29.5.